The molecule has 0 fully saturated rings. The summed E-state index contributed by atoms with van der Waals surface area (Å²) >= 11 is 0. The van der Waals surface area contributed by atoms with Crippen LogP contribution < -0.4 is 0 Å². The third-order valence-electron chi connectivity index (χ3n) is 0. The molecular formula is Lu2Mg3N12O36. The monoisotopic (exact) mass is 1170 g/mol. The van der Waals surface area contributed by atoms with Gasteiger partial charge in [0.05, 0.1) is 61.0 Å². The summed E-state index contributed by atoms with van der Waals surface area (Å²) in [5.74, 6) is 0. The maximum Gasteiger partial charge on any atom is 3.00 e. The third kappa shape index (κ3) is 4120. The van der Waals surface area contributed by atoms with Crippen LogP contribution in [0.5, 0.6) is 0 Å². The van der Waals surface area contributed by atoms with Crippen molar-refractivity contribution in [3.8, 4) is 0 Å². The molecule has 0 heterocycles. The molecule has 0 aromatic rings. The van der Waals surface area contributed by atoms with Crippen LogP contribution in [-0.4, -0.2) is 130 Å². The molecule has 0 aromatic heterocycles. The molecule has 0 spiro atoms. The predicted octanol–water partition coefficient (Wildman–Crippen LogP) is -4.01. The van der Waals surface area contributed by atoms with E-state index in [1.54, 1.807) is 0 Å². The standard InChI is InChI=1S/2Lu.3Mg.12NO3/c;;;;;12*2-1(3)4/q2*+3;3*+2;12*-1. The van der Waals surface area contributed by atoms with Crippen LogP contribution in [0.2, 0.25) is 0 Å². The zero-order valence-corrected chi connectivity index (χ0v) is 30.3. The van der Waals surface area contributed by atoms with Gasteiger partial charge in [0.25, 0.3) is 0 Å². The van der Waals surface area contributed by atoms with Gasteiger partial charge in [-0.15, -0.1) is 0 Å². The molecule has 0 radical (unpaired) electrons. The zero-order chi connectivity index (χ0) is 42.9. The van der Waals surface area contributed by atoms with Gasteiger partial charge in [0, 0.05) is 0 Å². The number of hydrogen-bond donors (Lipinski definition) is 0. The van der Waals surface area contributed by atoms with Gasteiger partial charge in [0.2, 0.25) is 0 Å². The molecule has 0 unspecified atom stereocenters. The van der Waals surface area contributed by atoms with Gasteiger partial charge in [-0.05, 0) is 0 Å². The van der Waals surface area contributed by atoms with Crippen molar-refractivity contribution in [1.29, 1.82) is 0 Å². The Hall–Kier alpha value is -4.83. The quantitative estimate of drug-likeness (QED) is 0.127. The van der Waals surface area contributed by atoms with Crippen molar-refractivity contribution >= 4 is 69.2 Å². The van der Waals surface area contributed by atoms with E-state index in [4.69, 9.17) is 184 Å². The van der Waals surface area contributed by atoms with E-state index in [0.717, 1.165) is 0 Å². The molecule has 0 saturated carbocycles. The second-order valence-corrected chi connectivity index (χ2v) is 2.68. The van der Waals surface area contributed by atoms with Crippen molar-refractivity contribution < 1.29 is 135 Å². The summed E-state index contributed by atoms with van der Waals surface area (Å²) in [5.41, 5.74) is 0. The van der Waals surface area contributed by atoms with E-state index < -0.39 is 61.0 Å². The van der Waals surface area contributed by atoms with E-state index >= 15 is 0 Å². The molecule has 0 aliphatic carbocycles. The van der Waals surface area contributed by atoms with E-state index in [-0.39, 0.29) is 143 Å². The van der Waals surface area contributed by atoms with Gasteiger partial charge in [-0.1, -0.05) is 0 Å². The molecule has 0 atom stereocenters. The zero-order valence-electron chi connectivity index (χ0n) is 22.7. The van der Waals surface area contributed by atoms with Gasteiger partial charge in [0.1, 0.15) is 0 Å². The minimum absolute atomic E-state index is 0. The summed E-state index contributed by atoms with van der Waals surface area (Å²) in [6.45, 7) is 0. The van der Waals surface area contributed by atoms with Crippen molar-refractivity contribution in [2.75, 3.05) is 0 Å². The van der Waals surface area contributed by atoms with Crippen LogP contribution >= 0.6 is 0 Å². The summed E-state index contributed by atoms with van der Waals surface area (Å²) in [6, 6.07) is 0. The van der Waals surface area contributed by atoms with Crippen LogP contribution in [0.4, 0.5) is 0 Å². The molecule has 53 heavy (non-hydrogen) atoms. The number of rotatable bonds is 0. The van der Waals surface area contributed by atoms with Crippen LogP contribution in [0.1, 0.15) is 0 Å². The summed E-state index contributed by atoms with van der Waals surface area (Å²) in [7, 11) is 0. The van der Waals surface area contributed by atoms with E-state index in [1.807, 2.05) is 0 Å². The molecular weight excluding hydrogens is 1170 g/mol. The molecule has 0 aliphatic heterocycles. The molecule has 312 valence electrons. The Balaban J connectivity index is -0.0000000176. The number of nitrogens with zero attached hydrogens (tertiary/aromatic N) is 12. The van der Waals surface area contributed by atoms with Crippen molar-refractivity contribution in [3.63, 3.8) is 0 Å². The molecule has 0 N–H and O–H groups in total. The Morgan fingerprint density at radius 2 is 0.151 bits per heavy atom. The Morgan fingerprint density at radius 1 is 0.151 bits per heavy atom. The summed E-state index contributed by atoms with van der Waals surface area (Å²) in [5, 5.41) is 177. The molecule has 0 rings (SSSR count). The molecule has 0 aromatic carbocycles. The van der Waals surface area contributed by atoms with Crippen LogP contribution in [-0.2, 0) is 0 Å². The first kappa shape index (κ1) is 110. The topological polar surface area (TPSA) is 794 Å². The van der Waals surface area contributed by atoms with Gasteiger partial charge in [-0.25, -0.2) is 0 Å². The summed E-state index contributed by atoms with van der Waals surface area (Å²) < 4.78 is 0. The van der Waals surface area contributed by atoms with Gasteiger partial charge < -0.3 is 184 Å². The van der Waals surface area contributed by atoms with Crippen LogP contribution in [0.3, 0.4) is 0 Å². The van der Waals surface area contributed by atoms with Crippen molar-refractivity contribution in [2.45, 2.75) is 0 Å². The Morgan fingerprint density at radius 3 is 0.151 bits per heavy atom. The summed E-state index contributed by atoms with van der Waals surface area (Å²) in [4.78, 5) is 99.0. The first-order chi connectivity index (χ1) is 20.8. The maximum absolute atomic E-state index is 8.25. The molecule has 48 nitrogen and oxygen atoms in total. The first-order valence-electron chi connectivity index (χ1n) is 6.57. The average Bonchev–Trinajstić information content (AvgIpc) is 2.61. The molecule has 0 aliphatic rings. The third-order valence-corrected chi connectivity index (χ3v) is 0. The molecule has 53 heteroatoms. The van der Waals surface area contributed by atoms with Gasteiger partial charge in [-0.2, -0.15) is 0 Å². The van der Waals surface area contributed by atoms with E-state index in [9.17, 15) is 0 Å². The molecule has 0 saturated heterocycles. The average molecular weight is 1170 g/mol. The fourth-order valence-corrected chi connectivity index (χ4v) is 0. The second-order valence-electron chi connectivity index (χ2n) is 2.68. The number of hydrogen-bond acceptors (Lipinski definition) is 36. The maximum atomic E-state index is 8.25. The Bertz CT molecular complexity index is 602. The van der Waals surface area contributed by atoms with E-state index in [1.165, 1.54) is 0 Å². The SMILES string of the molecule is O=[N+]([O-])[O-].O=[N+]([O-])[O-].O=[N+]([O-])[O-].O=[N+]([O-])[O-].O=[N+]([O-])[O-].O=[N+]([O-])[O-].O=[N+]([O-])[O-].O=[N+]([O-])[O-].O=[N+]([O-])[O-].O=[N+]([O-])[O-].O=[N+]([O-])[O-].O=[N+]([O-])[O-].[Lu+3].[Lu+3].[Mg+2].[Mg+2].[Mg+2]. The van der Waals surface area contributed by atoms with Gasteiger partial charge in [0.15, 0.2) is 0 Å². The minimum atomic E-state index is -1.75. The first-order valence-corrected chi connectivity index (χ1v) is 6.57. The fourth-order valence-electron chi connectivity index (χ4n) is 0. The Labute approximate surface area is 384 Å². The Kier molecular flexibility index (Phi) is 215. The summed E-state index contributed by atoms with van der Waals surface area (Å²) in [6.07, 6.45) is 0. The van der Waals surface area contributed by atoms with Crippen LogP contribution in [0, 0.1) is 258 Å². The molecule has 0 amide bonds. The normalized spacial score (nSPS) is 5.43. The van der Waals surface area contributed by atoms with Gasteiger partial charge >= 0.3 is 143 Å². The fraction of sp³-hybridized carbons (Fsp3) is 0. The predicted molar refractivity (Wildman–Crippen MR) is 142 cm³/mol. The largest absolute Gasteiger partial charge is 3.00 e. The van der Waals surface area contributed by atoms with Gasteiger partial charge in [-0.3, -0.25) is 0 Å². The smallest absolute Gasteiger partial charge is 0.356 e. The second kappa shape index (κ2) is 103. The van der Waals surface area contributed by atoms with Crippen molar-refractivity contribution in [2.24, 2.45) is 0 Å². The van der Waals surface area contributed by atoms with Crippen LogP contribution in [0.15, 0.2) is 0 Å². The van der Waals surface area contributed by atoms with E-state index in [0.29, 0.717) is 0 Å². The van der Waals surface area contributed by atoms with E-state index in [2.05, 4.69) is 0 Å². The van der Waals surface area contributed by atoms with Crippen LogP contribution in [0.25, 0.3) is 0 Å². The van der Waals surface area contributed by atoms with Crippen molar-refractivity contribution in [1.82, 2.24) is 0 Å². The molecule has 0 bridgehead atoms. The minimum Gasteiger partial charge on any atom is -0.356 e. The van der Waals surface area contributed by atoms with Crippen molar-refractivity contribution in [3.05, 3.63) is 184 Å².